The van der Waals surface area contributed by atoms with Crippen LogP contribution in [-0.4, -0.2) is 37.7 Å². The van der Waals surface area contributed by atoms with Crippen LogP contribution < -0.4 is 10.2 Å². The summed E-state index contributed by atoms with van der Waals surface area (Å²) in [5.74, 6) is 0.224. The summed E-state index contributed by atoms with van der Waals surface area (Å²) in [5, 5.41) is 3.05. The molecule has 4 nitrogen and oxygen atoms in total. The van der Waals surface area contributed by atoms with Crippen molar-refractivity contribution in [2.75, 3.05) is 24.6 Å². The van der Waals surface area contributed by atoms with Crippen LogP contribution in [0.3, 0.4) is 0 Å². The molecular weight excluding hydrogens is 264 g/mol. The molecule has 0 unspecified atom stereocenters. The number of ether oxygens (including phenoxy) is 1. The van der Waals surface area contributed by atoms with Crippen molar-refractivity contribution >= 4 is 11.6 Å². The molecule has 114 valence electrons. The number of anilines is 1. The third-order valence-corrected chi connectivity index (χ3v) is 4.45. The zero-order valence-electron chi connectivity index (χ0n) is 12.8. The molecule has 1 amide bonds. The van der Waals surface area contributed by atoms with Crippen LogP contribution in [0.2, 0.25) is 0 Å². The Hall–Kier alpha value is -1.55. The fraction of sp³-hybridized carbons (Fsp3) is 0.588. The maximum atomic E-state index is 12.0. The number of amides is 1. The molecule has 2 aliphatic rings. The highest BCUT2D eigenvalue weighted by Crippen LogP contribution is 2.34. The van der Waals surface area contributed by atoms with Gasteiger partial charge in [0.2, 0.25) is 5.91 Å². The van der Waals surface area contributed by atoms with Crippen LogP contribution in [0.4, 0.5) is 5.69 Å². The first-order valence-corrected chi connectivity index (χ1v) is 7.94. The monoisotopic (exact) mass is 288 g/mol. The molecule has 1 saturated carbocycles. The highest BCUT2D eigenvalue weighted by Gasteiger charge is 2.43. The second kappa shape index (κ2) is 6.06. The average Bonchev–Trinajstić information content (AvgIpc) is 3.17. The van der Waals surface area contributed by atoms with E-state index in [9.17, 15) is 4.79 Å². The fourth-order valence-electron chi connectivity index (χ4n) is 3.25. The normalized spacial score (nSPS) is 26.6. The van der Waals surface area contributed by atoms with Crippen molar-refractivity contribution in [2.45, 2.75) is 38.8 Å². The van der Waals surface area contributed by atoms with Gasteiger partial charge < -0.3 is 15.0 Å². The molecule has 0 aromatic heterocycles. The Kier molecular flexibility index (Phi) is 4.15. The second-order valence-corrected chi connectivity index (χ2v) is 6.00. The van der Waals surface area contributed by atoms with E-state index < -0.39 is 0 Å². The number of carbonyl (C=O) groups is 1. The summed E-state index contributed by atoms with van der Waals surface area (Å²) >= 11 is 0. The second-order valence-electron chi connectivity index (χ2n) is 6.00. The molecule has 1 aromatic rings. The van der Waals surface area contributed by atoms with Crippen LogP contribution in [0.15, 0.2) is 24.3 Å². The van der Waals surface area contributed by atoms with Crippen molar-refractivity contribution < 1.29 is 9.53 Å². The average molecular weight is 288 g/mol. The van der Waals surface area contributed by atoms with Crippen LogP contribution in [0.25, 0.3) is 0 Å². The van der Waals surface area contributed by atoms with E-state index in [-0.39, 0.29) is 17.9 Å². The first-order valence-electron chi connectivity index (χ1n) is 7.94. The maximum absolute atomic E-state index is 12.0. The molecule has 3 atom stereocenters. The molecule has 0 saturated heterocycles. The first-order chi connectivity index (χ1) is 10.2. The Balaban J connectivity index is 1.47. The third kappa shape index (κ3) is 3.05. The highest BCUT2D eigenvalue weighted by atomic mass is 16.5. The van der Waals surface area contributed by atoms with Crippen molar-refractivity contribution in [1.29, 1.82) is 0 Å². The zero-order chi connectivity index (χ0) is 14.8. The topological polar surface area (TPSA) is 41.6 Å². The van der Waals surface area contributed by atoms with Gasteiger partial charge in [-0.3, -0.25) is 4.79 Å². The Morgan fingerprint density at radius 1 is 1.43 bits per heavy atom. The Bertz CT molecular complexity index is 517. The minimum atomic E-state index is 0.0771. The van der Waals surface area contributed by atoms with Crippen molar-refractivity contribution in [3.05, 3.63) is 29.8 Å². The number of benzene rings is 1. The van der Waals surface area contributed by atoms with E-state index in [4.69, 9.17) is 4.74 Å². The molecule has 1 N–H and O–H groups in total. The lowest BCUT2D eigenvalue weighted by Gasteiger charge is -2.25. The molecule has 3 rings (SSSR count). The first kappa shape index (κ1) is 14.4. The lowest BCUT2D eigenvalue weighted by molar-refractivity contribution is -0.123. The standard InChI is InChI=1S/C17H24N2O2/c1-3-21-16-11-14(16)17(20)18-8-9-19-12(2)10-13-6-4-5-7-15(13)19/h4-7,12,14,16H,3,8-11H2,1-2H3,(H,18,20)/t12-,14-,16-/m1/s1. The van der Waals surface area contributed by atoms with Gasteiger partial charge in [0.25, 0.3) is 0 Å². The van der Waals surface area contributed by atoms with Gasteiger partial charge in [-0.25, -0.2) is 0 Å². The number of hydrogen-bond acceptors (Lipinski definition) is 3. The van der Waals surface area contributed by atoms with Gasteiger partial charge in [0.1, 0.15) is 0 Å². The van der Waals surface area contributed by atoms with E-state index in [2.05, 4.69) is 41.4 Å². The molecule has 1 aromatic carbocycles. The van der Waals surface area contributed by atoms with Crippen molar-refractivity contribution in [3.63, 3.8) is 0 Å². The number of rotatable bonds is 6. The largest absolute Gasteiger partial charge is 0.378 e. The van der Waals surface area contributed by atoms with Crippen LogP contribution in [0, 0.1) is 5.92 Å². The van der Waals surface area contributed by atoms with Gasteiger partial charge in [-0.2, -0.15) is 0 Å². The fourth-order valence-corrected chi connectivity index (χ4v) is 3.25. The molecule has 1 aliphatic carbocycles. The van der Waals surface area contributed by atoms with Crippen LogP contribution in [0.5, 0.6) is 0 Å². The Morgan fingerprint density at radius 3 is 3.05 bits per heavy atom. The van der Waals surface area contributed by atoms with Gasteiger partial charge >= 0.3 is 0 Å². The number of nitrogens with one attached hydrogen (secondary N) is 1. The van der Waals surface area contributed by atoms with E-state index in [1.807, 2.05) is 6.92 Å². The van der Waals surface area contributed by atoms with E-state index >= 15 is 0 Å². The van der Waals surface area contributed by atoms with Crippen molar-refractivity contribution in [3.8, 4) is 0 Å². The predicted octanol–water partition coefficient (Wildman–Crippen LogP) is 1.98. The van der Waals surface area contributed by atoms with Gasteiger partial charge in [0, 0.05) is 31.4 Å². The molecule has 21 heavy (non-hydrogen) atoms. The van der Waals surface area contributed by atoms with Gasteiger partial charge in [-0.1, -0.05) is 18.2 Å². The number of hydrogen-bond donors (Lipinski definition) is 1. The summed E-state index contributed by atoms with van der Waals surface area (Å²) in [4.78, 5) is 14.4. The minimum Gasteiger partial charge on any atom is -0.378 e. The van der Waals surface area contributed by atoms with Crippen molar-refractivity contribution in [1.82, 2.24) is 5.32 Å². The van der Waals surface area contributed by atoms with E-state index in [1.165, 1.54) is 11.3 Å². The Labute approximate surface area is 126 Å². The molecular formula is C17H24N2O2. The number of para-hydroxylation sites is 1. The molecule has 0 bridgehead atoms. The summed E-state index contributed by atoms with van der Waals surface area (Å²) in [7, 11) is 0. The Morgan fingerprint density at radius 2 is 2.24 bits per heavy atom. The van der Waals surface area contributed by atoms with E-state index in [0.717, 1.165) is 19.4 Å². The summed E-state index contributed by atoms with van der Waals surface area (Å²) in [6, 6.07) is 9.06. The van der Waals surface area contributed by atoms with Gasteiger partial charge in [0.15, 0.2) is 0 Å². The SMILES string of the molecule is CCO[C@@H]1C[C@H]1C(=O)NCCN1c2ccccc2C[C@H]1C. The summed E-state index contributed by atoms with van der Waals surface area (Å²) in [5.41, 5.74) is 2.73. The third-order valence-electron chi connectivity index (χ3n) is 4.45. The number of fused-ring (bicyclic) bond motifs is 1. The minimum absolute atomic E-state index is 0.0771. The maximum Gasteiger partial charge on any atom is 0.225 e. The molecule has 1 fully saturated rings. The van der Waals surface area contributed by atoms with Gasteiger partial charge in [0.05, 0.1) is 12.0 Å². The smallest absolute Gasteiger partial charge is 0.225 e. The number of carbonyl (C=O) groups excluding carboxylic acids is 1. The molecule has 1 heterocycles. The van der Waals surface area contributed by atoms with E-state index in [1.54, 1.807) is 0 Å². The summed E-state index contributed by atoms with van der Waals surface area (Å²) in [6.45, 7) is 6.48. The molecule has 0 radical (unpaired) electrons. The summed E-state index contributed by atoms with van der Waals surface area (Å²) < 4.78 is 5.46. The quantitative estimate of drug-likeness (QED) is 0.870. The van der Waals surface area contributed by atoms with Crippen LogP contribution in [-0.2, 0) is 16.0 Å². The predicted molar refractivity (Wildman–Crippen MR) is 83.5 cm³/mol. The molecule has 4 heteroatoms. The lowest BCUT2D eigenvalue weighted by atomic mass is 10.1. The zero-order valence-corrected chi connectivity index (χ0v) is 12.8. The van der Waals surface area contributed by atoms with Crippen molar-refractivity contribution in [2.24, 2.45) is 5.92 Å². The molecule has 1 aliphatic heterocycles. The van der Waals surface area contributed by atoms with Gasteiger partial charge in [-0.05, 0) is 38.3 Å². The van der Waals surface area contributed by atoms with Crippen LogP contribution >= 0.6 is 0 Å². The van der Waals surface area contributed by atoms with Gasteiger partial charge in [-0.15, -0.1) is 0 Å². The summed E-state index contributed by atoms with van der Waals surface area (Å²) in [6.07, 6.45) is 2.13. The van der Waals surface area contributed by atoms with Crippen LogP contribution in [0.1, 0.15) is 25.8 Å². The highest BCUT2D eigenvalue weighted by molar-refractivity contribution is 5.82. The van der Waals surface area contributed by atoms with E-state index in [0.29, 0.717) is 19.2 Å². The molecule has 0 spiro atoms. The number of nitrogens with zero attached hydrogens (tertiary/aromatic N) is 1. The lowest BCUT2D eigenvalue weighted by Crippen LogP contribution is -2.38.